The number of hydrogen-bond donors (Lipinski definition) is 2. The predicted molar refractivity (Wildman–Crippen MR) is 49.1 cm³/mol. The average molecular weight is 201 g/mol. The molecule has 13 heavy (non-hydrogen) atoms. The molecule has 0 aliphatic carbocycles. The van der Waals surface area contributed by atoms with Crippen molar-refractivity contribution in [3.8, 4) is 5.75 Å². The van der Waals surface area contributed by atoms with E-state index < -0.39 is 15.7 Å². The Morgan fingerprint density at radius 2 is 2.08 bits per heavy atom. The van der Waals surface area contributed by atoms with E-state index in [1.54, 1.807) is 6.92 Å². The second-order valence-electron chi connectivity index (χ2n) is 2.73. The Bertz CT molecular complexity index is 411. The van der Waals surface area contributed by atoms with Crippen LogP contribution in [0.4, 0.5) is 0 Å². The van der Waals surface area contributed by atoms with Gasteiger partial charge >= 0.3 is 0 Å². The summed E-state index contributed by atoms with van der Waals surface area (Å²) in [6.45, 7) is 1.69. The van der Waals surface area contributed by atoms with Gasteiger partial charge in [-0.2, -0.15) is 0 Å². The van der Waals surface area contributed by atoms with Crippen molar-refractivity contribution in [1.29, 1.82) is 0 Å². The maximum absolute atomic E-state index is 11.2. The van der Waals surface area contributed by atoms with Crippen LogP contribution in [0, 0.1) is 6.92 Å². The largest absolute Gasteiger partial charge is 0.508 e. The zero-order chi connectivity index (χ0) is 10.1. The van der Waals surface area contributed by atoms with Gasteiger partial charge in [-0.25, -0.2) is 8.42 Å². The maximum atomic E-state index is 11.2. The Hall–Kier alpha value is -1.07. The molecule has 0 fully saturated rings. The lowest BCUT2D eigenvalue weighted by Gasteiger charge is -2.03. The summed E-state index contributed by atoms with van der Waals surface area (Å²) in [6, 6.07) is 4.17. The van der Waals surface area contributed by atoms with Gasteiger partial charge in [-0.15, -0.1) is 0 Å². The third-order valence-corrected chi connectivity index (χ3v) is 3.17. The van der Waals surface area contributed by atoms with Crippen LogP contribution in [-0.4, -0.2) is 19.4 Å². The van der Waals surface area contributed by atoms with E-state index in [2.05, 4.69) is 0 Å². The Labute approximate surface area is 76.9 Å². The SMILES string of the molecule is Cc1ccc(S(=O)(=O)CN)cc1O. The lowest BCUT2D eigenvalue weighted by molar-refractivity contribution is 0.469. The molecule has 0 heterocycles. The number of aromatic hydroxyl groups is 1. The number of aryl methyl sites for hydroxylation is 1. The molecule has 5 heteroatoms. The summed E-state index contributed by atoms with van der Waals surface area (Å²) in [5.74, 6) is -0.482. The standard InChI is InChI=1S/C8H11NO3S/c1-6-2-3-7(4-8(6)10)13(11,12)5-9/h2-4,10H,5,9H2,1H3. The number of nitrogens with two attached hydrogens (primary N) is 1. The fraction of sp³-hybridized carbons (Fsp3) is 0.250. The fourth-order valence-electron chi connectivity index (χ4n) is 0.879. The minimum absolute atomic E-state index is 0.0328. The summed E-state index contributed by atoms with van der Waals surface area (Å²) in [4.78, 5) is 0.0538. The van der Waals surface area contributed by atoms with E-state index in [1.807, 2.05) is 0 Å². The highest BCUT2D eigenvalue weighted by Gasteiger charge is 2.12. The number of phenols is 1. The van der Waals surface area contributed by atoms with Crippen LogP contribution in [0.15, 0.2) is 23.1 Å². The molecule has 0 bridgehead atoms. The van der Waals surface area contributed by atoms with Crippen molar-refractivity contribution in [1.82, 2.24) is 0 Å². The number of phenolic OH excluding ortho intramolecular Hbond substituents is 1. The summed E-state index contributed by atoms with van der Waals surface area (Å²) >= 11 is 0. The van der Waals surface area contributed by atoms with Crippen molar-refractivity contribution in [3.63, 3.8) is 0 Å². The molecule has 1 aromatic rings. The Kier molecular flexibility index (Phi) is 2.58. The van der Waals surface area contributed by atoms with Crippen LogP contribution in [0.3, 0.4) is 0 Å². The molecule has 3 N–H and O–H groups in total. The second kappa shape index (κ2) is 3.35. The van der Waals surface area contributed by atoms with Crippen molar-refractivity contribution in [3.05, 3.63) is 23.8 Å². The van der Waals surface area contributed by atoms with Gasteiger partial charge in [-0.05, 0) is 24.6 Å². The molecule has 0 saturated heterocycles. The van der Waals surface area contributed by atoms with Gasteiger partial charge in [0.05, 0.1) is 4.90 Å². The summed E-state index contributed by atoms with van der Waals surface area (Å²) in [7, 11) is -3.42. The lowest BCUT2D eigenvalue weighted by atomic mass is 10.2. The van der Waals surface area contributed by atoms with Gasteiger partial charge in [-0.3, -0.25) is 0 Å². The van der Waals surface area contributed by atoms with Crippen molar-refractivity contribution in [2.45, 2.75) is 11.8 Å². The molecule has 4 nitrogen and oxygen atoms in total. The van der Waals surface area contributed by atoms with Gasteiger partial charge in [0.1, 0.15) is 11.6 Å². The smallest absolute Gasteiger partial charge is 0.191 e. The zero-order valence-corrected chi connectivity index (χ0v) is 8.00. The van der Waals surface area contributed by atoms with E-state index >= 15 is 0 Å². The fourth-order valence-corrected chi connectivity index (χ4v) is 1.64. The van der Waals surface area contributed by atoms with Gasteiger partial charge in [0, 0.05) is 0 Å². The van der Waals surface area contributed by atoms with Crippen molar-refractivity contribution in [2.24, 2.45) is 5.73 Å². The molecule has 0 aliphatic heterocycles. The van der Waals surface area contributed by atoms with E-state index in [-0.39, 0.29) is 10.6 Å². The molecule has 0 radical (unpaired) electrons. The summed E-state index contributed by atoms with van der Waals surface area (Å²) in [6.07, 6.45) is 0. The first-order chi connectivity index (χ1) is 5.97. The Balaban J connectivity index is 3.27. The highest BCUT2D eigenvalue weighted by Crippen LogP contribution is 2.20. The van der Waals surface area contributed by atoms with Crippen molar-refractivity contribution < 1.29 is 13.5 Å². The number of rotatable bonds is 2. The first-order valence-electron chi connectivity index (χ1n) is 3.70. The summed E-state index contributed by atoms with van der Waals surface area (Å²) in [5.41, 5.74) is 5.69. The van der Waals surface area contributed by atoms with Crippen LogP contribution in [-0.2, 0) is 9.84 Å². The van der Waals surface area contributed by atoms with E-state index in [0.717, 1.165) is 0 Å². The molecule has 0 aliphatic rings. The molecule has 0 saturated carbocycles. The topological polar surface area (TPSA) is 80.4 Å². The number of hydrogen-bond acceptors (Lipinski definition) is 4. The van der Waals surface area contributed by atoms with Crippen LogP contribution >= 0.6 is 0 Å². The maximum Gasteiger partial charge on any atom is 0.191 e. The van der Waals surface area contributed by atoms with Crippen molar-refractivity contribution in [2.75, 3.05) is 5.88 Å². The van der Waals surface area contributed by atoms with Gasteiger partial charge in [0.2, 0.25) is 0 Å². The van der Waals surface area contributed by atoms with Crippen molar-refractivity contribution >= 4 is 9.84 Å². The zero-order valence-electron chi connectivity index (χ0n) is 7.19. The molecule has 0 aromatic heterocycles. The summed E-state index contributed by atoms with van der Waals surface area (Å²) in [5, 5.41) is 9.25. The first-order valence-corrected chi connectivity index (χ1v) is 5.35. The van der Waals surface area contributed by atoms with Crippen LogP contribution < -0.4 is 5.73 Å². The molecule has 0 amide bonds. The minimum atomic E-state index is -3.42. The lowest BCUT2D eigenvalue weighted by Crippen LogP contribution is -2.14. The van der Waals surface area contributed by atoms with Crippen LogP contribution in [0.25, 0.3) is 0 Å². The van der Waals surface area contributed by atoms with E-state index in [0.29, 0.717) is 5.56 Å². The van der Waals surface area contributed by atoms with E-state index in [1.165, 1.54) is 18.2 Å². The molecule has 0 unspecified atom stereocenters. The quantitative estimate of drug-likeness (QED) is 0.725. The second-order valence-corrected chi connectivity index (χ2v) is 4.76. The molecule has 1 rings (SSSR count). The number of sulfone groups is 1. The predicted octanol–water partition coefficient (Wildman–Crippen LogP) is 0.391. The Morgan fingerprint density at radius 1 is 1.46 bits per heavy atom. The van der Waals surface area contributed by atoms with E-state index in [9.17, 15) is 13.5 Å². The Morgan fingerprint density at radius 3 is 2.54 bits per heavy atom. The average Bonchev–Trinajstić information content (AvgIpc) is 2.09. The summed E-state index contributed by atoms with van der Waals surface area (Å²) < 4.78 is 22.5. The van der Waals surface area contributed by atoms with Gasteiger partial charge in [-0.1, -0.05) is 6.07 Å². The monoisotopic (exact) mass is 201 g/mol. The first kappa shape index (κ1) is 10.0. The molecule has 72 valence electrons. The van der Waals surface area contributed by atoms with Gasteiger partial charge < -0.3 is 10.8 Å². The molecular formula is C8H11NO3S. The van der Waals surface area contributed by atoms with Gasteiger partial charge in [0.25, 0.3) is 0 Å². The van der Waals surface area contributed by atoms with E-state index in [4.69, 9.17) is 5.73 Å². The molecule has 1 aromatic carbocycles. The third-order valence-electron chi connectivity index (χ3n) is 1.76. The van der Waals surface area contributed by atoms with Crippen LogP contribution in [0.5, 0.6) is 5.75 Å². The van der Waals surface area contributed by atoms with Gasteiger partial charge in [0.15, 0.2) is 9.84 Å². The normalized spacial score (nSPS) is 11.5. The molecule has 0 spiro atoms. The van der Waals surface area contributed by atoms with Crippen LogP contribution in [0.1, 0.15) is 5.56 Å². The minimum Gasteiger partial charge on any atom is -0.508 e. The third kappa shape index (κ3) is 1.99. The highest BCUT2D eigenvalue weighted by molar-refractivity contribution is 7.91. The van der Waals surface area contributed by atoms with Crippen LogP contribution in [0.2, 0.25) is 0 Å². The number of benzene rings is 1. The molecule has 0 atom stereocenters. The highest BCUT2D eigenvalue weighted by atomic mass is 32.2. The molecular weight excluding hydrogens is 190 g/mol.